The van der Waals surface area contributed by atoms with Crippen LogP contribution in [-0.2, 0) is 9.47 Å². The lowest BCUT2D eigenvalue weighted by atomic mass is 9.95. The second-order valence-corrected chi connectivity index (χ2v) is 6.56. The van der Waals surface area contributed by atoms with Gasteiger partial charge in [-0.25, -0.2) is 14.8 Å². The molecule has 0 N–H and O–H groups in total. The fourth-order valence-electron chi connectivity index (χ4n) is 3.43. The Morgan fingerprint density at radius 2 is 1.96 bits per heavy atom. The fraction of sp³-hybridized carbons (Fsp3) is 0.350. The first-order valence-electron chi connectivity index (χ1n) is 8.87. The van der Waals surface area contributed by atoms with Crippen molar-refractivity contribution in [1.82, 2.24) is 14.5 Å². The van der Waals surface area contributed by atoms with Crippen LogP contribution in [0.1, 0.15) is 36.0 Å². The van der Waals surface area contributed by atoms with E-state index in [9.17, 15) is 4.79 Å². The molecule has 6 heteroatoms. The summed E-state index contributed by atoms with van der Waals surface area (Å²) in [7, 11) is 1.71. The van der Waals surface area contributed by atoms with Crippen LogP contribution in [0.3, 0.4) is 0 Å². The van der Waals surface area contributed by atoms with Crippen LogP contribution in [0.5, 0.6) is 0 Å². The van der Waals surface area contributed by atoms with E-state index in [1.54, 1.807) is 25.7 Å². The number of nitrogens with zero attached hydrogens (tertiary/aromatic N) is 3. The molecule has 3 aromatic rings. The Labute approximate surface area is 151 Å². The number of carbonyl (C=O) groups excluding carboxylic acids is 1. The molecule has 1 saturated carbocycles. The maximum Gasteiger partial charge on any atom is 0.339 e. The molecule has 26 heavy (non-hydrogen) atoms. The molecule has 0 radical (unpaired) electrons. The van der Waals surface area contributed by atoms with Crippen LogP contribution in [0.2, 0.25) is 0 Å². The normalized spacial score (nSPS) is 20.2. The summed E-state index contributed by atoms with van der Waals surface area (Å²) in [6.45, 7) is 0. The number of para-hydroxylation sites is 2. The molecule has 0 spiro atoms. The quantitative estimate of drug-likeness (QED) is 0.673. The van der Waals surface area contributed by atoms with Gasteiger partial charge in [-0.3, -0.25) is 4.57 Å². The molecule has 0 amide bonds. The molecule has 0 unspecified atom stereocenters. The van der Waals surface area contributed by atoms with Gasteiger partial charge in [0.2, 0.25) is 0 Å². The van der Waals surface area contributed by atoms with Crippen LogP contribution in [0.4, 0.5) is 0 Å². The number of esters is 1. The highest BCUT2D eigenvalue weighted by Gasteiger charge is 2.25. The molecule has 6 nitrogen and oxygen atoms in total. The third kappa shape index (κ3) is 3.32. The minimum absolute atomic E-state index is 0.0848. The average molecular weight is 351 g/mol. The van der Waals surface area contributed by atoms with E-state index >= 15 is 0 Å². The van der Waals surface area contributed by atoms with Gasteiger partial charge < -0.3 is 9.47 Å². The number of rotatable bonds is 4. The zero-order valence-corrected chi connectivity index (χ0v) is 14.7. The molecule has 134 valence electrons. The van der Waals surface area contributed by atoms with Gasteiger partial charge in [0.25, 0.3) is 0 Å². The molecule has 0 bridgehead atoms. The molecule has 2 heterocycles. The van der Waals surface area contributed by atoms with E-state index in [0.29, 0.717) is 11.4 Å². The highest BCUT2D eigenvalue weighted by Crippen LogP contribution is 2.24. The zero-order chi connectivity index (χ0) is 17.9. The standard InChI is InChI=1S/C20H21N3O3/c1-25-15-5-4-6-16(11-15)26-20(24)14-9-10-19(21-12-14)23-13-22-17-7-2-3-8-18(17)23/h2-3,7-10,12-13,15-16H,4-6,11H2,1H3/t15-,16+/m1/s1. The Kier molecular flexibility index (Phi) is 4.67. The Balaban J connectivity index is 1.48. The summed E-state index contributed by atoms with van der Waals surface area (Å²) < 4.78 is 12.9. The van der Waals surface area contributed by atoms with Gasteiger partial charge in [-0.15, -0.1) is 0 Å². The molecule has 1 aliphatic rings. The molecular formula is C20H21N3O3. The van der Waals surface area contributed by atoms with E-state index < -0.39 is 0 Å². The van der Waals surface area contributed by atoms with Gasteiger partial charge in [-0.1, -0.05) is 12.1 Å². The lowest BCUT2D eigenvalue weighted by Crippen LogP contribution is -2.29. The molecule has 0 aliphatic heterocycles. The van der Waals surface area contributed by atoms with Crippen molar-refractivity contribution in [1.29, 1.82) is 0 Å². The number of imidazole rings is 1. The van der Waals surface area contributed by atoms with Gasteiger partial charge in [0.05, 0.1) is 22.7 Å². The van der Waals surface area contributed by atoms with Crippen LogP contribution in [0.15, 0.2) is 48.9 Å². The highest BCUT2D eigenvalue weighted by molar-refractivity contribution is 5.89. The predicted octanol–water partition coefficient (Wildman–Crippen LogP) is 3.53. The van der Waals surface area contributed by atoms with Crippen molar-refractivity contribution < 1.29 is 14.3 Å². The van der Waals surface area contributed by atoms with Gasteiger partial charge >= 0.3 is 5.97 Å². The van der Waals surface area contributed by atoms with Gasteiger partial charge in [-0.05, 0) is 43.5 Å². The van der Waals surface area contributed by atoms with Crippen LogP contribution < -0.4 is 0 Å². The smallest absolute Gasteiger partial charge is 0.339 e. The molecule has 4 rings (SSSR count). The summed E-state index contributed by atoms with van der Waals surface area (Å²) in [6.07, 6.45) is 7.07. The van der Waals surface area contributed by atoms with Crippen molar-refractivity contribution in [2.45, 2.75) is 37.9 Å². The van der Waals surface area contributed by atoms with Crippen molar-refractivity contribution in [3.05, 3.63) is 54.5 Å². The summed E-state index contributed by atoms with van der Waals surface area (Å²) in [6, 6.07) is 11.4. The Hall–Kier alpha value is -2.73. The average Bonchev–Trinajstić information content (AvgIpc) is 3.12. The van der Waals surface area contributed by atoms with Crippen molar-refractivity contribution in [3.8, 4) is 5.82 Å². The SMILES string of the molecule is CO[C@@H]1CCC[C@H](OC(=O)c2ccc(-n3cnc4ccccc43)nc2)C1. The molecule has 1 aromatic carbocycles. The lowest BCUT2D eigenvalue weighted by Gasteiger charge is -2.27. The van der Waals surface area contributed by atoms with Crippen molar-refractivity contribution in [3.63, 3.8) is 0 Å². The number of fused-ring (bicyclic) bond motifs is 1. The molecule has 2 aromatic heterocycles. The Morgan fingerprint density at radius 3 is 2.77 bits per heavy atom. The molecule has 1 aliphatic carbocycles. The molecule has 0 saturated heterocycles. The van der Waals surface area contributed by atoms with Gasteiger partial charge in [0, 0.05) is 19.7 Å². The van der Waals surface area contributed by atoms with Crippen molar-refractivity contribution >= 4 is 17.0 Å². The monoisotopic (exact) mass is 351 g/mol. The molecule has 2 atom stereocenters. The first kappa shape index (κ1) is 16.7. The highest BCUT2D eigenvalue weighted by atomic mass is 16.5. The van der Waals surface area contributed by atoms with Crippen LogP contribution in [0, 0.1) is 0 Å². The second kappa shape index (κ2) is 7.25. The number of pyridine rings is 1. The van der Waals surface area contributed by atoms with Crippen LogP contribution >= 0.6 is 0 Å². The predicted molar refractivity (Wildman–Crippen MR) is 97.3 cm³/mol. The summed E-state index contributed by atoms with van der Waals surface area (Å²) in [5.74, 6) is 0.383. The number of aromatic nitrogens is 3. The van der Waals surface area contributed by atoms with E-state index in [0.717, 1.165) is 36.7 Å². The van der Waals surface area contributed by atoms with Gasteiger partial charge in [0.15, 0.2) is 0 Å². The Bertz CT molecular complexity index is 904. The fourth-order valence-corrected chi connectivity index (χ4v) is 3.43. The maximum absolute atomic E-state index is 12.4. The summed E-state index contributed by atoms with van der Waals surface area (Å²) in [4.78, 5) is 21.2. The van der Waals surface area contributed by atoms with Gasteiger partial charge in [0.1, 0.15) is 18.2 Å². The minimum Gasteiger partial charge on any atom is -0.459 e. The third-order valence-corrected chi connectivity index (χ3v) is 4.87. The third-order valence-electron chi connectivity index (χ3n) is 4.87. The van der Waals surface area contributed by atoms with Crippen molar-refractivity contribution in [2.75, 3.05) is 7.11 Å². The Morgan fingerprint density at radius 1 is 1.12 bits per heavy atom. The van der Waals surface area contributed by atoms with Crippen LogP contribution in [-0.4, -0.2) is 39.8 Å². The number of ether oxygens (including phenoxy) is 2. The van der Waals surface area contributed by atoms with E-state index in [1.807, 2.05) is 34.9 Å². The number of carbonyl (C=O) groups is 1. The number of methoxy groups -OCH3 is 1. The van der Waals surface area contributed by atoms with Gasteiger partial charge in [-0.2, -0.15) is 0 Å². The van der Waals surface area contributed by atoms with E-state index in [-0.39, 0.29) is 18.2 Å². The topological polar surface area (TPSA) is 66.2 Å². The first-order chi connectivity index (χ1) is 12.7. The second-order valence-electron chi connectivity index (χ2n) is 6.56. The first-order valence-corrected chi connectivity index (χ1v) is 8.87. The molecule has 1 fully saturated rings. The maximum atomic E-state index is 12.4. The number of hydrogen-bond acceptors (Lipinski definition) is 5. The summed E-state index contributed by atoms with van der Waals surface area (Å²) in [5.41, 5.74) is 2.34. The summed E-state index contributed by atoms with van der Waals surface area (Å²) >= 11 is 0. The lowest BCUT2D eigenvalue weighted by molar-refractivity contribution is -0.0149. The van der Waals surface area contributed by atoms with E-state index in [2.05, 4.69) is 9.97 Å². The number of benzene rings is 1. The largest absolute Gasteiger partial charge is 0.459 e. The van der Waals surface area contributed by atoms with E-state index in [4.69, 9.17) is 9.47 Å². The number of hydrogen-bond donors (Lipinski definition) is 0. The molecular weight excluding hydrogens is 330 g/mol. The minimum atomic E-state index is -0.332. The summed E-state index contributed by atoms with van der Waals surface area (Å²) in [5, 5.41) is 0. The van der Waals surface area contributed by atoms with Crippen molar-refractivity contribution in [2.24, 2.45) is 0 Å². The van der Waals surface area contributed by atoms with Crippen LogP contribution in [0.25, 0.3) is 16.9 Å². The van der Waals surface area contributed by atoms with E-state index in [1.165, 1.54) is 0 Å². The zero-order valence-electron chi connectivity index (χ0n) is 14.7.